The van der Waals surface area contributed by atoms with Gasteiger partial charge in [0.25, 0.3) is 0 Å². The van der Waals surface area contributed by atoms with Crippen LogP contribution < -0.4 is 9.80 Å². The predicted molar refractivity (Wildman–Crippen MR) is 310 cm³/mol. The van der Waals surface area contributed by atoms with Crippen molar-refractivity contribution < 1.29 is 0 Å². The monoisotopic (exact) mass is 946 g/mol. The van der Waals surface area contributed by atoms with Crippen LogP contribution in [0.2, 0.25) is 0 Å². The van der Waals surface area contributed by atoms with Crippen LogP contribution in [0.5, 0.6) is 0 Å². The molecule has 350 valence electrons. The van der Waals surface area contributed by atoms with Crippen molar-refractivity contribution in [2.24, 2.45) is 0 Å². The van der Waals surface area contributed by atoms with Crippen LogP contribution in [0.3, 0.4) is 0 Å². The zero-order valence-electron chi connectivity index (χ0n) is 41.7. The zero-order chi connectivity index (χ0) is 50.5. The lowest BCUT2D eigenvalue weighted by Gasteiger charge is -2.32. The standard InChI is InChI=1S/C70H50N4/c1-45-15-23-57(51-11-7-5-8-12-51)39-65(45)73(67-41-59(25-17-47(67)3)53-27-19-49(43-71)20-28-53)63-37-33-55-32-36-62-64(38-34-56-31-35-61(63)69(55)70(56)62)74(66-40-58(24-16-46(66)2)52-13-9-6-10-14-52)68-42-60(26-18-48(68)4)54-29-21-50(44-72)22-30-54/h5-42H,1-4H3. The average Bonchev–Trinajstić information content (AvgIpc) is 3.46. The second-order valence-electron chi connectivity index (χ2n) is 19.4. The highest BCUT2D eigenvalue weighted by molar-refractivity contribution is 6.28. The molecular formula is C70H50N4. The van der Waals surface area contributed by atoms with Gasteiger partial charge in [-0.25, -0.2) is 0 Å². The van der Waals surface area contributed by atoms with Crippen molar-refractivity contribution in [2.75, 3.05) is 9.80 Å². The Balaban J connectivity index is 1.11. The highest BCUT2D eigenvalue weighted by Crippen LogP contribution is 2.50. The fourth-order valence-corrected chi connectivity index (χ4v) is 10.8. The lowest BCUT2D eigenvalue weighted by Crippen LogP contribution is -2.14. The molecule has 0 N–H and O–H groups in total. The summed E-state index contributed by atoms with van der Waals surface area (Å²) in [6, 6.07) is 87.0. The van der Waals surface area contributed by atoms with E-state index in [2.05, 4.69) is 232 Å². The molecule has 12 rings (SSSR count). The molecule has 0 aromatic heterocycles. The Morgan fingerprint density at radius 3 is 0.865 bits per heavy atom. The molecule has 0 heterocycles. The third-order valence-electron chi connectivity index (χ3n) is 14.8. The fraction of sp³-hybridized carbons (Fsp3) is 0.0571. The topological polar surface area (TPSA) is 54.1 Å². The first-order valence-corrected chi connectivity index (χ1v) is 25.1. The van der Waals surface area contributed by atoms with E-state index >= 15 is 0 Å². The van der Waals surface area contributed by atoms with Gasteiger partial charge in [0.15, 0.2) is 0 Å². The van der Waals surface area contributed by atoms with Crippen molar-refractivity contribution >= 4 is 66.4 Å². The van der Waals surface area contributed by atoms with Crippen LogP contribution in [-0.2, 0) is 0 Å². The first kappa shape index (κ1) is 45.4. The molecule has 4 nitrogen and oxygen atoms in total. The molecule has 12 aromatic rings. The van der Waals surface area contributed by atoms with Gasteiger partial charge in [-0.2, -0.15) is 10.5 Å². The van der Waals surface area contributed by atoms with Crippen LogP contribution in [0.4, 0.5) is 34.1 Å². The molecule has 0 saturated carbocycles. The number of nitriles is 2. The Hall–Kier alpha value is -9.74. The summed E-state index contributed by atoms with van der Waals surface area (Å²) in [4.78, 5) is 4.94. The van der Waals surface area contributed by atoms with Gasteiger partial charge in [0, 0.05) is 33.5 Å². The molecule has 0 spiro atoms. The van der Waals surface area contributed by atoms with Crippen molar-refractivity contribution in [2.45, 2.75) is 27.7 Å². The molecular weight excluding hydrogens is 897 g/mol. The molecule has 0 aliphatic carbocycles. The summed E-state index contributed by atoms with van der Waals surface area (Å²) in [5.41, 5.74) is 21.2. The summed E-state index contributed by atoms with van der Waals surface area (Å²) in [6.07, 6.45) is 0. The lowest BCUT2D eigenvalue weighted by molar-refractivity contribution is 1.23. The van der Waals surface area contributed by atoms with E-state index in [-0.39, 0.29) is 0 Å². The van der Waals surface area contributed by atoms with Gasteiger partial charge in [0.05, 0.1) is 34.6 Å². The minimum atomic E-state index is 0.638. The van der Waals surface area contributed by atoms with Crippen LogP contribution in [0, 0.1) is 50.4 Å². The summed E-state index contributed by atoms with van der Waals surface area (Å²) < 4.78 is 0. The van der Waals surface area contributed by atoms with Gasteiger partial charge in [-0.1, -0.05) is 170 Å². The van der Waals surface area contributed by atoms with Crippen LogP contribution in [0.15, 0.2) is 231 Å². The normalized spacial score (nSPS) is 11.2. The minimum Gasteiger partial charge on any atom is -0.309 e. The highest BCUT2D eigenvalue weighted by atomic mass is 15.2. The van der Waals surface area contributed by atoms with E-state index < -0.39 is 0 Å². The Morgan fingerprint density at radius 1 is 0.270 bits per heavy atom. The first-order valence-electron chi connectivity index (χ1n) is 25.1. The molecule has 12 aromatic carbocycles. The molecule has 0 bridgehead atoms. The van der Waals surface area contributed by atoms with Crippen molar-refractivity contribution in [3.8, 4) is 56.6 Å². The van der Waals surface area contributed by atoms with Gasteiger partial charge < -0.3 is 9.80 Å². The van der Waals surface area contributed by atoms with Crippen molar-refractivity contribution in [3.05, 3.63) is 264 Å². The van der Waals surface area contributed by atoms with Crippen molar-refractivity contribution in [1.29, 1.82) is 10.5 Å². The summed E-state index contributed by atoms with van der Waals surface area (Å²) in [5, 5.41) is 26.3. The number of anilines is 6. The SMILES string of the molecule is Cc1ccc(-c2ccccc2)cc1N(c1cc(-c2ccc(C#N)cc2)ccc1C)c1ccc2ccc3c(N(c4cc(-c5ccccc5)ccc4C)c4cc(-c5ccc(C#N)cc5)ccc4C)ccc4ccc1c2c43. The van der Waals surface area contributed by atoms with E-state index in [0.717, 1.165) is 112 Å². The second-order valence-corrected chi connectivity index (χ2v) is 19.4. The van der Waals surface area contributed by atoms with Gasteiger partial charge in [-0.05, 0) is 177 Å². The van der Waals surface area contributed by atoms with Crippen molar-refractivity contribution in [3.63, 3.8) is 0 Å². The molecule has 0 amide bonds. The summed E-state index contributed by atoms with van der Waals surface area (Å²) in [7, 11) is 0. The minimum absolute atomic E-state index is 0.638. The Labute approximate surface area is 432 Å². The van der Waals surface area contributed by atoms with E-state index in [9.17, 15) is 10.5 Å². The fourth-order valence-electron chi connectivity index (χ4n) is 10.8. The third kappa shape index (κ3) is 8.06. The van der Waals surface area contributed by atoms with Gasteiger partial charge in [0.2, 0.25) is 0 Å². The van der Waals surface area contributed by atoms with Crippen LogP contribution in [0.1, 0.15) is 33.4 Å². The smallest absolute Gasteiger partial charge is 0.0991 e. The lowest BCUT2D eigenvalue weighted by atomic mass is 9.91. The number of benzene rings is 12. The molecule has 0 aliphatic rings. The Kier molecular flexibility index (Phi) is 11.5. The molecule has 0 radical (unpaired) electrons. The molecule has 0 unspecified atom stereocenters. The highest BCUT2D eigenvalue weighted by Gasteiger charge is 2.26. The molecule has 74 heavy (non-hydrogen) atoms. The average molecular weight is 947 g/mol. The van der Waals surface area contributed by atoms with Crippen molar-refractivity contribution in [1.82, 2.24) is 0 Å². The maximum absolute atomic E-state index is 9.64. The van der Waals surface area contributed by atoms with E-state index in [1.807, 2.05) is 48.5 Å². The summed E-state index contributed by atoms with van der Waals surface area (Å²) in [5.74, 6) is 0. The largest absolute Gasteiger partial charge is 0.309 e. The molecule has 0 fully saturated rings. The maximum atomic E-state index is 9.64. The van der Waals surface area contributed by atoms with Crippen LogP contribution in [-0.4, -0.2) is 0 Å². The van der Waals surface area contributed by atoms with Gasteiger partial charge >= 0.3 is 0 Å². The zero-order valence-corrected chi connectivity index (χ0v) is 41.7. The number of aryl methyl sites for hydroxylation is 4. The second kappa shape index (κ2) is 18.8. The summed E-state index contributed by atoms with van der Waals surface area (Å²) >= 11 is 0. The summed E-state index contributed by atoms with van der Waals surface area (Å²) in [6.45, 7) is 8.82. The van der Waals surface area contributed by atoms with E-state index in [1.165, 1.54) is 21.5 Å². The van der Waals surface area contributed by atoms with E-state index in [1.54, 1.807) is 0 Å². The number of hydrogen-bond donors (Lipinski definition) is 0. The predicted octanol–water partition coefficient (Wildman–Crippen LogP) is 19.2. The molecule has 0 aliphatic heterocycles. The number of rotatable bonds is 10. The van der Waals surface area contributed by atoms with Gasteiger partial charge in [0.1, 0.15) is 0 Å². The van der Waals surface area contributed by atoms with Crippen LogP contribution >= 0.6 is 0 Å². The third-order valence-corrected chi connectivity index (χ3v) is 14.8. The number of hydrogen-bond acceptors (Lipinski definition) is 4. The van der Waals surface area contributed by atoms with Crippen LogP contribution in [0.25, 0.3) is 76.8 Å². The molecule has 4 heteroatoms. The quantitative estimate of drug-likeness (QED) is 0.128. The van der Waals surface area contributed by atoms with Gasteiger partial charge in [-0.3, -0.25) is 0 Å². The van der Waals surface area contributed by atoms with Gasteiger partial charge in [-0.15, -0.1) is 0 Å². The Bertz CT molecular complexity index is 3910. The molecule has 0 saturated heterocycles. The Morgan fingerprint density at radius 2 is 0.554 bits per heavy atom. The maximum Gasteiger partial charge on any atom is 0.0991 e. The van der Waals surface area contributed by atoms with E-state index in [4.69, 9.17) is 0 Å². The number of nitrogens with zero attached hydrogens (tertiary/aromatic N) is 4. The molecule has 0 atom stereocenters. The van der Waals surface area contributed by atoms with E-state index in [0.29, 0.717) is 11.1 Å². The first-order chi connectivity index (χ1) is 36.2.